The van der Waals surface area contributed by atoms with Crippen LogP contribution in [0.25, 0.3) is 6.08 Å². The van der Waals surface area contributed by atoms with Gasteiger partial charge in [0.25, 0.3) is 0 Å². The zero-order valence-electron chi connectivity index (χ0n) is 14.9. The lowest BCUT2D eigenvalue weighted by atomic mass is 10.1. The summed E-state index contributed by atoms with van der Waals surface area (Å²) in [6, 6.07) is 7.37. The molecule has 0 bridgehead atoms. The maximum atomic E-state index is 12.0. The molecule has 0 unspecified atom stereocenters. The minimum absolute atomic E-state index is 0.0650. The molecule has 5 nitrogen and oxygen atoms in total. The molecule has 1 aromatic rings. The molecule has 0 aromatic heterocycles. The Hall–Kier alpha value is -2.01. The number of amides is 2. The fourth-order valence-electron chi connectivity index (χ4n) is 2.56. The third kappa shape index (κ3) is 6.78. The molecule has 2 amide bonds. The van der Waals surface area contributed by atoms with E-state index in [-0.39, 0.29) is 18.0 Å². The van der Waals surface area contributed by atoms with Gasteiger partial charge in [0.05, 0.1) is 0 Å². The van der Waals surface area contributed by atoms with Gasteiger partial charge in [-0.1, -0.05) is 23.7 Å². The molecule has 6 heteroatoms. The Bertz CT molecular complexity index is 644. The molecule has 1 aliphatic rings. The van der Waals surface area contributed by atoms with Crippen molar-refractivity contribution in [3.05, 3.63) is 40.9 Å². The Balaban J connectivity index is 1.78. The van der Waals surface area contributed by atoms with E-state index in [0.717, 1.165) is 18.4 Å². The fraction of sp³-hybridized carbons (Fsp3) is 0.474. The molecule has 1 fully saturated rings. The highest BCUT2D eigenvalue weighted by atomic mass is 35.5. The van der Waals surface area contributed by atoms with Crippen LogP contribution in [0.1, 0.15) is 39.2 Å². The molecule has 0 spiro atoms. The van der Waals surface area contributed by atoms with Crippen molar-refractivity contribution < 1.29 is 14.3 Å². The summed E-state index contributed by atoms with van der Waals surface area (Å²) in [5.41, 5.74) is 0.384. The maximum absolute atomic E-state index is 12.0. The summed E-state index contributed by atoms with van der Waals surface area (Å²) in [6.07, 6.45) is 4.38. The molecule has 0 radical (unpaired) electrons. The fourth-order valence-corrected chi connectivity index (χ4v) is 2.76. The molecule has 1 heterocycles. The van der Waals surface area contributed by atoms with Crippen LogP contribution in [-0.2, 0) is 9.53 Å². The minimum Gasteiger partial charge on any atom is -0.444 e. The zero-order chi connectivity index (χ0) is 18.4. The van der Waals surface area contributed by atoms with E-state index >= 15 is 0 Å². The number of ether oxygens (including phenoxy) is 1. The van der Waals surface area contributed by atoms with Crippen LogP contribution in [0.3, 0.4) is 0 Å². The van der Waals surface area contributed by atoms with Crippen molar-refractivity contribution >= 4 is 29.7 Å². The van der Waals surface area contributed by atoms with Gasteiger partial charge in [-0.2, -0.15) is 0 Å². The van der Waals surface area contributed by atoms with Gasteiger partial charge in [0, 0.05) is 30.2 Å². The maximum Gasteiger partial charge on any atom is 0.410 e. The predicted molar refractivity (Wildman–Crippen MR) is 99.5 cm³/mol. The lowest BCUT2D eigenvalue weighted by Crippen LogP contribution is -2.47. The molecule has 2 rings (SSSR count). The molecule has 1 aliphatic heterocycles. The van der Waals surface area contributed by atoms with Gasteiger partial charge in [-0.25, -0.2) is 4.79 Å². The first-order valence-electron chi connectivity index (χ1n) is 8.45. The summed E-state index contributed by atoms with van der Waals surface area (Å²) in [4.78, 5) is 25.8. The van der Waals surface area contributed by atoms with E-state index in [1.54, 1.807) is 23.1 Å². The number of likely N-dealkylation sites (tertiary alicyclic amines) is 1. The first kappa shape index (κ1) is 19.3. The van der Waals surface area contributed by atoms with Crippen LogP contribution in [0.5, 0.6) is 0 Å². The number of halogens is 1. The molecule has 0 aliphatic carbocycles. The Morgan fingerprint density at radius 2 is 1.96 bits per heavy atom. The normalized spacial score (nSPS) is 16.1. The van der Waals surface area contributed by atoms with Gasteiger partial charge in [-0.05, 0) is 57.4 Å². The van der Waals surface area contributed by atoms with Gasteiger partial charge in [0.1, 0.15) is 5.60 Å². The van der Waals surface area contributed by atoms with Gasteiger partial charge in [-0.3, -0.25) is 4.79 Å². The van der Waals surface area contributed by atoms with Gasteiger partial charge in [0.2, 0.25) is 5.91 Å². The van der Waals surface area contributed by atoms with Crippen molar-refractivity contribution in [2.75, 3.05) is 13.1 Å². The van der Waals surface area contributed by atoms with Crippen molar-refractivity contribution in [1.29, 1.82) is 0 Å². The van der Waals surface area contributed by atoms with E-state index in [4.69, 9.17) is 16.3 Å². The van der Waals surface area contributed by atoms with Gasteiger partial charge in [0.15, 0.2) is 0 Å². The first-order valence-corrected chi connectivity index (χ1v) is 8.83. The van der Waals surface area contributed by atoms with Gasteiger partial charge >= 0.3 is 6.09 Å². The van der Waals surface area contributed by atoms with Crippen LogP contribution in [0.4, 0.5) is 4.79 Å². The second-order valence-electron chi connectivity index (χ2n) is 7.14. The molecule has 1 N–H and O–H groups in total. The molecule has 136 valence electrons. The molecule has 0 atom stereocenters. The molecule has 1 saturated heterocycles. The first-order chi connectivity index (χ1) is 11.7. The van der Waals surface area contributed by atoms with Gasteiger partial charge in [-0.15, -0.1) is 0 Å². The third-order valence-corrected chi connectivity index (χ3v) is 4.00. The van der Waals surface area contributed by atoms with E-state index in [1.165, 1.54) is 6.08 Å². The number of nitrogens with zero attached hydrogens (tertiary/aromatic N) is 1. The second kappa shape index (κ2) is 8.39. The average Bonchev–Trinajstić information content (AvgIpc) is 2.52. The highest BCUT2D eigenvalue weighted by molar-refractivity contribution is 6.30. The summed E-state index contributed by atoms with van der Waals surface area (Å²) >= 11 is 5.92. The monoisotopic (exact) mass is 364 g/mol. The Morgan fingerprint density at radius 1 is 1.28 bits per heavy atom. The number of benzene rings is 1. The van der Waals surface area contributed by atoms with Crippen LogP contribution in [0.15, 0.2) is 30.3 Å². The highest BCUT2D eigenvalue weighted by Gasteiger charge is 2.27. The van der Waals surface area contributed by atoms with E-state index < -0.39 is 5.60 Å². The molecule has 1 aromatic carbocycles. The van der Waals surface area contributed by atoms with E-state index in [1.807, 2.05) is 32.9 Å². The summed E-state index contributed by atoms with van der Waals surface area (Å²) in [6.45, 7) is 6.72. The summed E-state index contributed by atoms with van der Waals surface area (Å²) < 4.78 is 5.37. The topological polar surface area (TPSA) is 58.6 Å². The third-order valence-electron chi connectivity index (χ3n) is 3.77. The smallest absolute Gasteiger partial charge is 0.410 e. The molecular weight excluding hydrogens is 340 g/mol. The zero-order valence-corrected chi connectivity index (χ0v) is 15.7. The van der Waals surface area contributed by atoms with Crippen molar-refractivity contribution in [3.63, 3.8) is 0 Å². The number of hydrogen-bond donors (Lipinski definition) is 1. The Kier molecular flexibility index (Phi) is 6.48. The van der Waals surface area contributed by atoms with Crippen molar-refractivity contribution in [2.24, 2.45) is 0 Å². The molecule has 25 heavy (non-hydrogen) atoms. The lowest BCUT2D eigenvalue weighted by Gasteiger charge is -2.33. The van der Waals surface area contributed by atoms with Crippen LogP contribution in [-0.4, -0.2) is 41.6 Å². The Labute approximate surface area is 154 Å². The Morgan fingerprint density at radius 3 is 2.56 bits per heavy atom. The van der Waals surface area contributed by atoms with Crippen LogP contribution >= 0.6 is 11.6 Å². The van der Waals surface area contributed by atoms with Gasteiger partial charge < -0.3 is 15.0 Å². The van der Waals surface area contributed by atoms with Crippen molar-refractivity contribution in [3.8, 4) is 0 Å². The largest absolute Gasteiger partial charge is 0.444 e. The van der Waals surface area contributed by atoms with Crippen molar-refractivity contribution in [2.45, 2.75) is 45.3 Å². The summed E-state index contributed by atoms with van der Waals surface area (Å²) in [7, 11) is 0. The number of hydrogen-bond acceptors (Lipinski definition) is 3. The number of carbonyl (C=O) groups is 2. The quantitative estimate of drug-likeness (QED) is 0.828. The summed E-state index contributed by atoms with van der Waals surface area (Å²) in [5.74, 6) is -0.143. The van der Waals surface area contributed by atoms with E-state index in [9.17, 15) is 9.59 Å². The standard InChI is InChI=1S/C19H25ClN2O3/c1-19(2,3)25-18(24)22-11-9-16(10-12-22)21-17(23)8-7-14-5-4-6-15(20)13-14/h4-8,13,16H,9-12H2,1-3H3,(H,21,23). The SMILES string of the molecule is CC(C)(C)OC(=O)N1CCC(NC(=O)C=Cc2cccc(Cl)c2)CC1. The van der Waals surface area contributed by atoms with Crippen LogP contribution in [0, 0.1) is 0 Å². The van der Waals surface area contributed by atoms with Crippen molar-refractivity contribution in [1.82, 2.24) is 10.2 Å². The summed E-state index contributed by atoms with van der Waals surface area (Å²) in [5, 5.41) is 3.61. The lowest BCUT2D eigenvalue weighted by molar-refractivity contribution is -0.117. The highest BCUT2D eigenvalue weighted by Crippen LogP contribution is 2.16. The minimum atomic E-state index is -0.493. The number of rotatable bonds is 3. The van der Waals surface area contributed by atoms with Crippen LogP contribution < -0.4 is 5.32 Å². The number of piperidine rings is 1. The molecular formula is C19H25ClN2O3. The van der Waals surface area contributed by atoms with Crippen LogP contribution in [0.2, 0.25) is 5.02 Å². The number of carbonyl (C=O) groups excluding carboxylic acids is 2. The second-order valence-corrected chi connectivity index (χ2v) is 7.58. The molecule has 0 saturated carbocycles. The number of nitrogens with one attached hydrogen (secondary N) is 1. The average molecular weight is 365 g/mol. The predicted octanol–water partition coefficient (Wildman–Crippen LogP) is 3.87. The van der Waals surface area contributed by atoms with E-state index in [0.29, 0.717) is 18.1 Å². The van der Waals surface area contributed by atoms with E-state index in [2.05, 4.69) is 5.32 Å².